The van der Waals surface area contributed by atoms with E-state index in [4.69, 9.17) is 86.4 Å². The van der Waals surface area contributed by atoms with Gasteiger partial charge in [0, 0.05) is 76.8 Å². The van der Waals surface area contributed by atoms with Gasteiger partial charge in [0.1, 0.15) is 6.54 Å². The Morgan fingerprint density at radius 2 is 1.17 bits per heavy atom. The summed E-state index contributed by atoms with van der Waals surface area (Å²) < 4.78 is 103. The van der Waals surface area contributed by atoms with Crippen LogP contribution in [0.5, 0.6) is 0 Å². The molecule has 25 heteroatoms. The van der Waals surface area contributed by atoms with E-state index in [1.54, 1.807) is 57.2 Å². The van der Waals surface area contributed by atoms with Crippen LogP contribution in [0.1, 0.15) is 122 Å². The molecule has 0 N–H and O–H groups in total. The Morgan fingerprint density at radius 1 is 0.731 bits per heavy atom. The molecule has 0 amide bonds. The number of sulfonamides is 1. The normalized spacial score (nSPS) is 16.2. The number of hydrogen-bond donors (Lipinski definition) is 0. The topological polar surface area (TPSA) is 200 Å². The minimum absolute atomic E-state index is 0. The molecule has 16 nitrogen and oxygen atoms in total. The summed E-state index contributed by atoms with van der Waals surface area (Å²) >= 11 is 25.3. The average molecular weight is 1270 g/mol. The Balaban J connectivity index is 0.000000618. The molecule has 3 unspecified atom stereocenters. The van der Waals surface area contributed by atoms with Crippen LogP contribution in [-0.4, -0.2) is 122 Å². The Bertz CT molecular complexity index is 2930. The van der Waals surface area contributed by atoms with Crippen molar-refractivity contribution < 1.29 is 60.0 Å². The number of likely N-dealkylation sites (N-methyl/N-ethyl adjacent to an activating group) is 2. The largest absolute Gasteiger partial charge is 0.465 e. The van der Waals surface area contributed by atoms with Crippen molar-refractivity contribution in [3.05, 3.63) is 126 Å². The lowest BCUT2D eigenvalue weighted by molar-refractivity contribution is -0.191. The third-order valence-corrected chi connectivity index (χ3v) is 19.8. The van der Waals surface area contributed by atoms with Gasteiger partial charge >= 0.3 is 19.7 Å². The van der Waals surface area contributed by atoms with Crippen molar-refractivity contribution in [1.29, 1.82) is 0 Å². The zero-order valence-corrected chi connectivity index (χ0v) is 52.1. The molecule has 0 aliphatic carbocycles. The highest BCUT2D eigenvalue weighted by molar-refractivity contribution is 8.13. The summed E-state index contributed by atoms with van der Waals surface area (Å²) in [7, 11) is -4.63. The number of hydrogen-bond acceptors (Lipinski definition) is 15. The zero-order valence-electron chi connectivity index (χ0n) is 45.9. The standard InChI is InChI=1S/C24H31Cl2N2O6PS.C16H14Cl3NO2S.C9H21O3P.C2H6.CO2.CH4/c1-5-33-24(29)15-28(16-35(4,30)34-6-2)36(31,32)19-9-7-8-17(10-19)21-13-27(3)14-22-20(21)11-18(25)12-23(22)26;1-20-8-14(10-3-2-4-12(5-10)23(19,21)22)13-6-11(17)7-16(18)15(13)9-20;1-4-7-8-9-13(10,11-5-2)12-6-3;1-2;2-1-3;/h7-12,21H,5-6,13-16H2,1-4H3;2-7,14H,8-9H2,1H3;4-9H2,1-3H3;1-2H3;;1H4/i;;;1D;;. The third kappa shape index (κ3) is 22.9. The number of halogens is 5. The maximum atomic E-state index is 13.7. The summed E-state index contributed by atoms with van der Waals surface area (Å²) in [4.78, 5) is 32.8. The molecule has 0 bridgehead atoms. The second-order valence-corrected chi connectivity index (χ2v) is 28.4. The van der Waals surface area contributed by atoms with E-state index in [-0.39, 0.29) is 48.4 Å². The summed E-state index contributed by atoms with van der Waals surface area (Å²) in [6.07, 6.45) is 3.49. The fourth-order valence-corrected chi connectivity index (χ4v) is 15.8. The van der Waals surface area contributed by atoms with Crippen molar-refractivity contribution in [2.24, 2.45) is 0 Å². The van der Waals surface area contributed by atoms with Gasteiger partial charge in [0.15, 0.2) is 0 Å². The quantitative estimate of drug-likeness (QED) is 0.0350. The molecule has 78 heavy (non-hydrogen) atoms. The van der Waals surface area contributed by atoms with Crippen LogP contribution in [0.3, 0.4) is 0 Å². The monoisotopic (exact) mass is 1260 g/mol. The smallest absolute Gasteiger partial charge is 0.373 e. The molecule has 2 heterocycles. The number of fused-ring (bicyclic) bond motifs is 2. The molecule has 3 atom stereocenters. The number of nitrogens with zero attached hydrogens (tertiary/aromatic N) is 3. The van der Waals surface area contributed by atoms with E-state index in [0.29, 0.717) is 59.5 Å². The highest BCUT2D eigenvalue weighted by Crippen LogP contribution is 2.49. The Hall–Kier alpha value is -2.70. The third-order valence-electron chi connectivity index (χ3n) is 11.5. The Labute approximate surface area is 489 Å². The molecule has 4 aromatic carbocycles. The van der Waals surface area contributed by atoms with Gasteiger partial charge in [0.2, 0.25) is 17.4 Å². The highest BCUT2D eigenvalue weighted by Gasteiger charge is 2.35. The van der Waals surface area contributed by atoms with E-state index >= 15 is 0 Å². The Kier molecular flexibility index (Phi) is 32.3. The van der Waals surface area contributed by atoms with Gasteiger partial charge in [-0.25, -0.2) is 16.8 Å². The lowest BCUT2D eigenvalue weighted by Crippen LogP contribution is -2.37. The van der Waals surface area contributed by atoms with E-state index in [0.717, 1.165) is 70.0 Å². The fraction of sp³-hybridized carbons (Fsp3) is 0.509. The van der Waals surface area contributed by atoms with Crippen LogP contribution in [0.4, 0.5) is 0 Å². The van der Waals surface area contributed by atoms with Gasteiger partial charge in [-0.05, 0) is 130 Å². The van der Waals surface area contributed by atoms with Gasteiger partial charge < -0.3 is 28.1 Å². The molecule has 0 spiro atoms. The van der Waals surface area contributed by atoms with Crippen LogP contribution in [0.2, 0.25) is 20.1 Å². The number of esters is 1. The van der Waals surface area contributed by atoms with E-state index in [1.165, 1.54) is 18.8 Å². The minimum atomic E-state index is -4.22. The average Bonchev–Trinajstić information content (AvgIpc) is 3.35. The van der Waals surface area contributed by atoms with Gasteiger partial charge in [-0.3, -0.25) is 13.9 Å². The summed E-state index contributed by atoms with van der Waals surface area (Å²) in [6.45, 7) is 16.1. The molecule has 2 aliphatic rings. The highest BCUT2D eigenvalue weighted by atomic mass is 35.7. The molecule has 2 aliphatic heterocycles. The number of unbranched alkanes of at least 4 members (excludes halogenated alkanes) is 2. The molecule has 0 fully saturated rings. The van der Waals surface area contributed by atoms with Crippen LogP contribution >= 0.6 is 72.1 Å². The van der Waals surface area contributed by atoms with Gasteiger partial charge in [-0.2, -0.15) is 13.9 Å². The summed E-state index contributed by atoms with van der Waals surface area (Å²) in [5.74, 6) is -0.927. The number of rotatable bonds is 20. The molecule has 6 rings (SSSR count). The van der Waals surface area contributed by atoms with Crippen molar-refractivity contribution in [2.45, 2.75) is 110 Å². The summed E-state index contributed by atoms with van der Waals surface area (Å²) in [5.41, 5.74) is 5.57. The summed E-state index contributed by atoms with van der Waals surface area (Å²) in [6, 6.07) is 20.4. The van der Waals surface area contributed by atoms with E-state index in [1.807, 2.05) is 52.2 Å². The van der Waals surface area contributed by atoms with Crippen LogP contribution in [-0.2, 0) is 74.0 Å². The van der Waals surface area contributed by atoms with E-state index in [9.17, 15) is 30.8 Å². The first-order valence-corrected chi connectivity index (χ1v) is 33.9. The number of carbonyl (C=O) groups excluding carboxylic acids is 3. The second kappa shape index (κ2) is 35.3. The predicted octanol–water partition coefficient (Wildman–Crippen LogP) is 14.0. The van der Waals surface area contributed by atoms with E-state index in [2.05, 4.69) is 16.7 Å². The first-order valence-electron chi connectivity index (χ1n) is 25.4. The van der Waals surface area contributed by atoms with Gasteiger partial charge in [0.05, 0.1) is 48.7 Å². The lowest BCUT2D eigenvalue weighted by atomic mass is 9.85. The number of benzene rings is 4. The molecule has 0 saturated heterocycles. The maximum absolute atomic E-state index is 13.7. The summed E-state index contributed by atoms with van der Waals surface area (Å²) in [5, 5.41) is 2.27. The number of carbonyl (C=O) groups is 1. The van der Waals surface area contributed by atoms with Crippen LogP contribution < -0.4 is 0 Å². The fourth-order valence-electron chi connectivity index (χ4n) is 8.46. The maximum Gasteiger partial charge on any atom is 0.373 e. The molecule has 0 aromatic heterocycles. The molecular weight excluding hydrogens is 1190 g/mol. The van der Waals surface area contributed by atoms with Crippen molar-refractivity contribution in [3.63, 3.8) is 0 Å². The van der Waals surface area contributed by atoms with Crippen molar-refractivity contribution in [3.8, 4) is 0 Å². The van der Waals surface area contributed by atoms with E-state index < -0.39 is 52.8 Å². The van der Waals surface area contributed by atoms with Crippen molar-refractivity contribution in [1.82, 2.24) is 14.1 Å². The van der Waals surface area contributed by atoms with Crippen molar-refractivity contribution >= 4 is 103 Å². The molecule has 0 radical (unpaired) electrons. The van der Waals surface area contributed by atoms with Gasteiger partial charge in [-0.15, -0.1) is 0 Å². The SMILES string of the molecule is C.CCCCCP(=O)(OCC)OCC.CCOC(=O)CN(CP(C)(=O)OCC)S(=O)(=O)c1cccc(C2CN(C)Cc3c(Cl)cc(Cl)cc32)c1.CN1Cc2c(Cl)cc(Cl)cc2C(c2cccc(S(=O)(=O)Cl)c2)C1.O=C=O.[2H]CC. The first-order chi connectivity index (χ1) is 36.6. The molecule has 4 aromatic rings. The predicted molar refractivity (Wildman–Crippen MR) is 314 cm³/mol. The second-order valence-electron chi connectivity index (χ2n) is 17.4. The first kappa shape index (κ1) is 71.4. The van der Waals surface area contributed by atoms with Crippen LogP contribution in [0.25, 0.3) is 0 Å². The van der Waals surface area contributed by atoms with Crippen molar-refractivity contribution in [2.75, 3.05) is 79.3 Å². The van der Waals surface area contributed by atoms with Gasteiger partial charge in [-0.1, -0.05) is 112 Å². The minimum Gasteiger partial charge on any atom is -0.465 e. The zero-order chi connectivity index (χ0) is 59.0. The molecule has 0 saturated carbocycles. The van der Waals surface area contributed by atoms with Gasteiger partial charge in [0.25, 0.3) is 9.05 Å². The molecule has 438 valence electrons. The molecular formula is C53H76Cl5N3O13P2S2. The van der Waals surface area contributed by atoms with Crippen LogP contribution in [0.15, 0.2) is 82.6 Å². The Morgan fingerprint density at radius 3 is 1.58 bits per heavy atom. The number of ether oxygens (including phenoxy) is 1. The van der Waals surface area contributed by atoms with Crippen LogP contribution in [0, 0.1) is 0 Å². The lowest BCUT2D eigenvalue weighted by Gasteiger charge is -2.33.